The quantitative estimate of drug-likeness (QED) is 0.600. The number of rotatable bonds is 2. The topological polar surface area (TPSA) is 58.9 Å². The first-order valence-corrected chi connectivity index (χ1v) is 5.02. The van der Waals surface area contributed by atoms with E-state index in [2.05, 4.69) is 9.98 Å². The Bertz CT molecular complexity index is 684. The molecule has 4 nitrogen and oxygen atoms in total. The molecular formula is C12H5ClN2O2. The van der Waals surface area contributed by atoms with Crippen LogP contribution in [0.25, 0.3) is 10.8 Å². The lowest BCUT2D eigenvalue weighted by atomic mass is 10.1. The van der Waals surface area contributed by atoms with Gasteiger partial charge < -0.3 is 0 Å². The highest BCUT2D eigenvalue weighted by Gasteiger charge is 2.10. The summed E-state index contributed by atoms with van der Waals surface area (Å²) in [6, 6.07) is 8.57. The van der Waals surface area contributed by atoms with Gasteiger partial charge in [0.25, 0.3) is 0 Å². The lowest BCUT2D eigenvalue weighted by molar-refractivity contribution is 0.564. The van der Waals surface area contributed by atoms with E-state index in [9.17, 15) is 9.59 Å². The zero-order chi connectivity index (χ0) is 12.3. The van der Waals surface area contributed by atoms with Crippen molar-refractivity contribution in [3.8, 4) is 0 Å². The number of hydrogen-bond donors (Lipinski definition) is 0. The molecule has 2 aromatic rings. The normalized spacial score (nSPS) is 9.47. The molecule has 0 aliphatic heterocycles. The van der Waals surface area contributed by atoms with Gasteiger partial charge in [-0.25, -0.2) is 9.59 Å². The Morgan fingerprint density at radius 1 is 1.00 bits per heavy atom. The number of aliphatic imine (C=N–C) groups is 2. The molecule has 0 amide bonds. The fraction of sp³-hybridized carbons (Fsp3) is 0. The summed E-state index contributed by atoms with van der Waals surface area (Å²) in [4.78, 5) is 27.7. The number of carbonyl (C=O) groups excluding carboxylic acids is 2. The fourth-order valence-electron chi connectivity index (χ4n) is 1.60. The smallest absolute Gasteiger partial charge is 0.211 e. The Hall–Kier alpha value is -2.25. The molecule has 0 saturated carbocycles. The summed E-state index contributed by atoms with van der Waals surface area (Å²) in [5.74, 6) is 0. The van der Waals surface area contributed by atoms with Gasteiger partial charge in [0, 0.05) is 10.8 Å². The molecule has 0 fully saturated rings. The maximum Gasteiger partial charge on any atom is 0.240 e. The highest BCUT2D eigenvalue weighted by atomic mass is 35.5. The van der Waals surface area contributed by atoms with Crippen LogP contribution in [-0.2, 0) is 9.59 Å². The second-order valence-corrected chi connectivity index (χ2v) is 3.59. The van der Waals surface area contributed by atoms with Gasteiger partial charge in [-0.3, -0.25) is 0 Å². The van der Waals surface area contributed by atoms with Gasteiger partial charge in [0.2, 0.25) is 12.2 Å². The highest BCUT2D eigenvalue weighted by Crippen LogP contribution is 2.39. The van der Waals surface area contributed by atoms with E-state index in [1.807, 2.05) is 6.07 Å². The molecule has 2 rings (SSSR count). The van der Waals surface area contributed by atoms with Gasteiger partial charge in [0.15, 0.2) is 0 Å². The van der Waals surface area contributed by atoms with E-state index >= 15 is 0 Å². The lowest BCUT2D eigenvalue weighted by Crippen LogP contribution is -1.77. The van der Waals surface area contributed by atoms with E-state index in [1.165, 1.54) is 18.2 Å². The molecule has 0 aromatic heterocycles. The molecular weight excluding hydrogens is 240 g/mol. The van der Waals surface area contributed by atoms with Crippen molar-refractivity contribution in [1.29, 1.82) is 0 Å². The molecule has 0 aliphatic rings. The van der Waals surface area contributed by atoms with Crippen molar-refractivity contribution in [2.75, 3.05) is 0 Å². The molecule has 0 atom stereocenters. The van der Waals surface area contributed by atoms with Gasteiger partial charge in [-0.2, -0.15) is 9.98 Å². The Kier molecular flexibility index (Phi) is 3.12. The van der Waals surface area contributed by atoms with E-state index in [1.54, 1.807) is 18.2 Å². The monoisotopic (exact) mass is 244 g/mol. The minimum Gasteiger partial charge on any atom is -0.211 e. The number of nitrogens with zero attached hydrogens (tertiary/aromatic N) is 2. The minimum atomic E-state index is 0.201. The predicted molar refractivity (Wildman–Crippen MR) is 64.5 cm³/mol. The van der Waals surface area contributed by atoms with E-state index < -0.39 is 0 Å². The molecule has 2 aromatic carbocycles. The molecule has 0 radical (unpaired) electrons. The Balaban J connectivity index is 2.97. The third kappa shape index (κ3) is 2.01. The molecule has 0 bridgehead atoms. The summed E-state index contributed by atoms with van der Waals surface area (Å²) < 4.78 is 0. The number of fused-ring (bicyclic) bond motifs is 1. The van der Waals surface area contributed by atoms with Crippen LogP contribution in [0.4, 0.5) is 11.4 Å². The summed E-state index contributed by atoms with van der Waals surface area (Å²) in [5, 5.41) is 1.80. The highest BCUT2D eigenvalue weighted by molar-refractivity contribution is 6.36. The van der Waals surface area contributed by atoms with Crippen LogP contribution in [0.5, 0.6) is 0 Å². The molecule has 0 N–H and O–H groups in total. The zero-order valence-electron chi connectivity index (χ0n) is 8.48. The first kappa shape index (κ1) is 11.2. The Labute approximate surface area is 101 Å². The van der Waals surface area contributed by atoms with E-state index in [0.29, 0.717) is 10.4 Å². The number of halogens is 1. The standard InChI is InChI=1S/C12H5ClN2O2/c13-10-5-11(14-6-16)12(15-7-17)9-4-2-1-3-8(9)10/h1-5H. The van der Waals surface area contributed by atoms with Crippen LogP contribution in [0.15, 0.2) is 40.3 Å². The van der Waals surface area contributed by atoms with Crippen LogP contribution >= 0.6 is 11.6 Å². The van der Waals surface area contributed by atoms with Gasteiger partial charge in [-0.05, 0) is 6.07 Å². The van der Waals surface area contributed by atoms with Crippen molar-refractivity contribution < 1.29 is 9.59 Å². The third-order valence-electron chi connectivity index (χ3n) is 2.27. The molecule has 0 unspecified atom stereocenters. The molecule has 0 aliphatic carbocycles. The van der Waals surface area contributed by atoms with Crippen molar-refractivity contribution in [3.63, 3.8) is 0 Å². The van der Waals surface area contributed by atoms with Crippen molar-refractivity contribution in [2.45, 2.75) is 0 Å². The predicted octanol–water partition coefficient (Wildman–Crippen LogP) is 3.43. The van der Waals surface area contributed by atoms with Crippen LogP contribution in [0.2, 0.25) is 5.02 Å². The SMILES string of the molecule is O=C=Nc1cc(Cl)c2ccccc2c1N=C=O. The summed E-state index contributed by atoms with van der Waals surface area (Å²) in [7, 11) is 0. The fourth-order valence-corrected chi connectivity index (χ4v) is 1.87. The van der Waals surface area contributed by atoms with Crippen LogP contribution in [0.1, 0.15) is 0 Å². The number of isocyanates is 2. The van der Waals surface area contributed by atoms with Gasteiger partial charge in [0.1, 0.15) is 11.4 Å². The van der Waals surface area contributed by atoms with Crippen LogP contribution < -0.4 is 0 Å². The van der Waals surface area contributed by atoms with Crippen molar-refractivity contribution in [1.82, 2.24) is 0 Å². The third-order valence-corrected chi connectivity index (χ3v) is 2.58. The van der Waals surface area contributed by atoms with Gasteiger partial charge in [-0.15, -0.1) is 0 Å². The van der Waals surface area contributed by atoms with E-state index in [0.717, 1.165) is 5.39 Å². The van der Waals surface area contributed by atoms with Gasteiger partial charge in [-0.1, -0.05) is 35.9 Å². The lowest BCUT2D eigenvalue weighted by Gasteiger charge is -2.05. The molecule has 5 heteroatoms. The first-order chi connectivity index (χ1) is 8.27. The van der Waals surface area contributed by atoms with Crippen LogP contribution in [0.3, 0.4) is 0 Å². The molecule has 82 valence electrons. The maximum absolute atomic E-state index is 10.4. The van der Waals surface area contributed by atoms with E-state index in [-0.39, 0.29) is 11.4 Å². The molecule has 0 spiro atoms. The Morgan fingerprint density at radius 3 is 2.29 bits per heavy atom. The zero-order valence-corrected chi connectivity index (χ0v) is 9.23. The van der Waals surface area contributed by atoms with Crippen LogP contribution in [-0.4, -0.2) is 12.2 Å². The molecule has 0 saturated heterocycles. The second-order valence-electron chi connectivity index (χ2n) is 3.18. The van der Waals surface area contributed by atoms with Gasteiger partial charge >= 0.3 is 0 Å². The van der Waals surface area contributed by atoms with Crippen molar-refractivity contribution >= 4 is 45.9 Å². The first-order valence-electron chi connectivity index (χ1n) is 4.65. The largest absolute Gasteiger partial charge is 0.240 e. The Morgan fingerprint density at radius 2 is 1.65 bits per heavy atom. The average Bonchev–Trinajstić information content (AvgIpc) is 2.34. The summed E-state index contributed by atoms with van der Waals surface area (Å²) >= 11 is 6.04. The van der Waals surface area contributed by atoms with Gasteiger partial charge in [0.05, 0.1) is 5.02 Å². The average molecular weight is 245 g/mol. The van der Waals surface area contributed by atoms with Crippen molar-refractivity contribution in [3.05, 3.63) is 35.4 Å². The minimum absolute atomic E-state index is 0.201. The number of hydrogen-bond acceptors (Lipinski definition) is 4. The molecule has 0 heterocycles. The second kappa shape index (κ2) is 4.73. The summed E-state index contributed by atoms with van der Waals surface area (Å²) in [6.07, 6.45) is 2.84. The molecule has 17 heavy (non-hydrogen) atoms. The van der Waals surface area contributed by atoms with E-state index in [4.69, 9.17) is 11.6 Å². The van der Waals surface area contributed by atoms with Crippen molar-refractivity contribution in [2.24, 2.45) is 9.98 Å². The maximum atomic E-state index is 10.4. The summed E-state index contributed by atoms with van der Waals surface area (Å²) in [6.45, 7) is 0. The number of benzene rings is 2. The van der Waals surface area contributed by atoms with Crippen LogP contribution in [0, 0.1) is 0 Å². The summed E-state index contributed by atoms with van der Waals surface area (Å²) in [5.41, 5.74) is 0.468.